The third-order valence-corrected chi connectivity index (χ3v) is 1.68. The molecule has 0 aliphatic heterocycles. The van der Waals surface area contributed by atoms with Crippen LogP contribution in [0.3, 0.4) is 0 Å². The molecule has 0 spiro atoms. The summed E-state index contributed by atoms with van der Waals surface area (Å²) < 4.78 is 0. The summed E-state index contributed by atoms with van der Waals surface area (Å²) in [6.45, 7) is 0. The lowest BCUT2D eigenvalue weighted by atomic mass is 10.2. The normalized spacial score (nSPS) is 10.3. The lowest BCUT2D eigenvalue weighted by Crippen LogP contribution is -1.94. The van der Waals surface area contributed by atoms with Crippen LogP contribution in [0.2, 0.25) is 5.15 Å². The van der Waals surface area contributed by atoms with Crippen molar-refractivity contribution in [3.05, 3.63) is 34.7 Å². The van der Waals surface area contributed by atoms with Crippen molar-refractivity contribution in [2.24, 2.45) is 0 Å². The number of aromatic nitrogens is 1. The molecule has 1 aromatic rings. The Kier molecular flexibility index (Phi) is 3.46. The van der Waals surface area contributed by atoms with Crippen LogP contribution in [0.25, 0.3) is 6.08 Å². The molecule has 4 heteroatoms. The molecule has 0 atom stereocenters. The second-order valence-corrected chi connectivity index (χ2v) is 2.74. The summed E-state index contributed by atoms with van der Waals surface area (Å²) in [5.74, 6) is 0. The largest absolute Gasteiger partial charge is 0.394 e. The summed E-state index contributed by atoms with van der Waals surface area (Å²) >= 11 is 5.62. The second kappa shape index (κ2) is 4.62. The summed E-state index contributed by atoms with van der Waals surface area (Å²) in [6.07, 6.45) is 4.16. The fourth-order valence-corrected chi connectivity index (χ4v) is 1.02. The fourth-order valence-electron chi connectivity index (χ4n) is 0.869. The third-order valence-electron chi connectivity index (χ3n) is 1.46. The first-order valence-electron chi connectivity index (χ1n) is 3.73. The maximum Gasteiger partial charge on any atom is 0.169 e. The Bertz CT molecular complexity index is 336. The number of carbonyl (C=O) groups is 1. The Morgan fingerprint density at radius 2 is 2.31 bits per heavy atom. The van der Waals surface area contributed by atoms with Gasteiger partial charge in [-0.3, -0.25) is 4.79 Å². The highest BCUT2D eigenvalue weighted by Gasteiger charge is 2.00. The number of nitrogens with zero attached hydrogens (tertiary/aromatic N) is 1. The predicted molar refractivity (Wildman–Crippen MR) is 52.7 cm³/mol. The van der Waals surface area contributed by atoms with Crippen molar-refractivity contribution in [1.82, 2.24) is 10.3 Å². The SMILES string of the molecule is CN/C=C\c1ccc(Cl)nc1C=O. The number of pyridine rings is 1. The van der Waals surface area contributed by atoms with E-state index in [1.165, 1.54) is 0 Å². The van der Waals surface area contributed by atoms with Crippen LogP contribution in [0, 0.1) is 0 Å². The second-order valence-electron chi connectivity index (χ2n) is 2.35. The van der Waals surface area contributed by atoms with Crippen molar-refractivity contribution < 1.29 is 4.79 Å². The molecular weight excluding hydrogens is 188 g/mol. The Balaban J connectivity index is 3.06. The van der Waals surface area contributed by atoms with Gasteiger partial charge >= 0.3 is 0 Å². The zero-order valence-electron chi connectivity index (χ0n) is 7.12. The summed E-state index contributed by atoms with van der Waals surface area (Å²) in [7, 11) is 1.78. The van der Waals surface area contributed by atoms with Crippen molar-refractivity contribution >= 4 is 24.0 Å². The lowest BCUT2D eigenvalue weighted by molar-refractivity contribution is 0.111. The van der Waals surface area contributed by atoms with Gasteiger partial charge in [0.2, 0.25) is 0 Å². The minimum absolute atomic E-state index is 0.323. The molecule has 0 aliphatic rings. The van der Waals surface area contributed by atoms with Gasteiger partial charge in [0.1, 0.15) is 10.8 Å². The van der Waals surface area contributed by atoms with E-state index < -0.39 is 0 Å². The van der Waals surface area contributed by atoms with Crippen LogP contribution in [0.15, 0.2) is 18.3 Å². The molecule has 0 bridgehead atoms. The van der Waals surface area contributed by atoms with Gasteiger partial charge in [0.05, 0.1) is 0 Å². The van der Waals surface area contributed by atoms with Crippen LogP contribution in [0.4, 0.5) is 0 Å². The molecule has 13 heavy (non-hydrogen) atoms. The van der Waals surface area contributed by atoms with E-state index in [1.807, 2.05) is 0 Å². The van der Waals surface area contributed by atoms with E-state index in [0.717, 1.165) is 5.56 Å². The van der Waals surface area contributed by atoms with E-state index in [-0.39, 0.29) is 0 Å². The van der Waals surface area contributed by atoms with Crippen LogP contribution in [-0.4, -0.2) is 18.3 Å². The minimum Gasteiger partial charge on any atom is -0.394 e. The van der Waals surface area contributed by atoms with Crippen molar-refractivity contribution in [2.45, 2.75) is 0 Å². The molecule has 1 aromatic heterocycles. The van der Waals surface area contributed by atoms with E-state index in [0.29, 0.717) is 17.1 Å². The highest BCUT2D eigenvalue weighted by molar-refractivity contribution is 6.29. The van der Waals surface area contributed by atoms with Gasteiger partial charge in [-0.1, -0.05) is 11.6 Å². The average Bonchev–Trinajstić information content (AvgIpc) is 2.16. The third kappa shape index (κ3) is 2.56. The van der Waals surface area contributed by atoms with Crippen LogP contribution >= 0.6 is 11.6 Å². The van der Waals surface area contributed by atoms with Gasteiger partial charge in [0.15, 0.2) is 6.29 Å². The van der Waals surface area contributed by atoms with Gasteiger partial charge in [0, 0.05) is 12.6 Å². The number of halogens is 1. The maximum atomic E-state index is 10.6. The first kappa shape index (κ1) is 9.74. The fraction of sp³-hybridized carbons (Fsp3) is 0.111. The molecule has 0 aliphatic carbocycles. The van der Waals surface area contributed by atoms with Crippen molar-refractivity contribution in [3.63, 3.8) is 0 Å². The first-order chi connectivity index (χ1) is 6.27. The van der Waals surface area contributed by atoms with Gasteiger partial charge in [-0.05, 0) is 24.4 Å². The van der Waals surface area contributed by atoms with Crippen LogP contribution in [-0.2, 0) is 0 Å². The number of nitrogens with one attached hydrogen (secondary N) is 1. The molecule has 0 fully saturated rings. The molecular formula is C9H9ClN2O. The smallest absolute Gasteiger partial charge is 0.169 e. The van der Waals surface area contributed by atoms with Crippen LogP contribution in [0.1, 0.15) is 16.1 Å². The average molecular weight is 197 g/mol. The summed E-state index contributed by atoms with van der Waals surface area (Å²) in [5, 5.41) is 3.15. The molecule has 1 rings (SSSR count). The van der Waals surface area contributed by atoms with E-state index in [4.69, 9.17) is 11.6 Å². The van der Waals surface area contributed by atoms with Gasteiger partial charge in [-0.25, -0.2) is 4.98 Å². The van der Waals surface area contributed by atoms with Gasteiger partial charge in [0.25, 0.3) is 0 Å². The van der Waals surface area contributed by atoms with Gasteiger partial charge in [-0.2, -0.15) is 0 Å². The number of carbonyl (C=O) groups excluding carboxylic acids is 1. The van der Waals surface area contributed by atoms with E-state index in [2.05, 4.69) is 10.3 Å². The highest BCUT2D eigenvalue weighted by Crippen LogP contribution is 2.11. The Morgan fingerprint density at radius 3 is 2.92 bits per heavy atom. The molecule has 68 valence electrons. The predicted octanol–water partition coefficient (Wildman–Crippen LogP) is 1.74. The number of aldehydes is 1. The van der Waals surface area contributed by atoms with Crippen LogP contribution in [0.5, 0.6) is 0 Å². The molecule has 0 radical (unpaired) electrons. The van der Waals surface area contributed by atoms with Crippen molar-refractivity contribution in [3.8, 4) is 0 Å². The van der Waals surface area contributed by atoms with E-state index >= 15 is 0 Å². The number of hydrogen-bond donors (Lipinski definition) is 1. The number of rotatable bonds is 3. The molecule has 0 aromatic carbocycles. The Hall–Kier alpha value is -1.35. The molecule has 1 heterocycles. The number of hydrogen-bond acceptors (Lipinski definition) is 3. The zero-order chi connectivity index (χ0) is 9.68. The highest BCUT2D eigenvalue weighted by atomic mass is 35.5. The van der Waals surface area contributed by atoms with Crippen molar-refractivity contribution in [2.75, 3.05) is 7.05 Å². The van der Waals surface area contributed by atoms with E-state index in [9.17, 15) is 4.79 Å². The molecule has 1 N–H and O–H groups in total. The lowest BCUT2D eigenvalue weighted by Gasteiger charge is -1.97. The minimum atomic E-state index is 0.323. The molecule has 3 nitrogen and oxygen atoms in total. The molecule has 0 saturated carbocycles. The Morgan fingerprint density at radius 1 is 1.54 bits per heavy atom. The quantitative estimate of drug-likeness (QED) is 0.592. The maximum absolute atomic E-state index is 10.6. The zero-order valence-corrected chi connectivity index (χ0v) is 7.88. The van der Waals surface area contributed by atoms with Gasteiger partial charge < -0.3 is 5.32 Å². The van der Waals surface area contributed by atoms with Crippen molar-refractivity contribution in [1.29, 1.82) is 0 Å². The standard InChI is InChI=1S/C9H9ClN2O/c1-11-5-4-7-2-3-9(10)12-8(7)6-13/h2-6,11H,1H3/b5-4-. The molecule has 0 amide bonds. The molecule has 0 unspecified atom stereocenters. The van der Waals surface area contributed by atoms with Crippen LogP contribution < -0.4 is 5.32 Å². The summed E-state index contributed by atoms with van der Waals surface area (Å²) in [5.41, 5.74) is 1.09. The Labute approximate surface area is 81.4 Å². The van der Waals surface area contributed by atoms with Gasteiger partial charge in [-0.15, -0.1) is 0 Å². The summed E-state index contributed by atoms with van der Waals surface area (Å²) in [6, 6.07) is 3.39. The first-order valence-corrected chi connectivity index (χ1v) is 4.11. The topological polar surface area (TPSA) is 42.0 Å². The molecule has 0 saturated heterocycles. The van der Waals surface area contributed by atoms with E-state index in [1.54, 1.807) is 31.5 Å². The summed E-state index contributed by atoms with van der Waals surface area (Å²) in [4.78, 5) is 14.4. The monoisotopic (exact) mass is 196 g/mol.